The Balaban J connectivity index is 2.20. The number of rotatable bonds is 6. The molecular formula is C9H18N4. The Bertz CT molecular complexity index is 231. The van der Waals surface area contributed by atoms with Gasteiger partial charge in [0.25, 0.3) is 0 Å². The number of nitrogens with one attached hydrogen (secondary N) is 1. The summed E-state index contributed by atoms with van der Waals surface area (Å²) >= 11 is 0. The van der Waals surface area contributed by atoms with Gasteiger partial charge in [0.05, 0.1) is 0 Å². The molecule has 0 aliphatic carbocycles. The van der Waals surface area contributed by atoms with Gasteiger partial charge in [-0.2, -0.15) is 5.10 Å². The highest BCUT2D eigenvalue weighted by atomic mass is 15.2. The number of aromatic amines is 1. The maximum Gasteiger partial charge on any atom is 0.150 e. The molecule has 0 aromatic carbocycles. The average Bonchev–Trinajstić information content (AvgIpc) is 2.60. The van der Waals surface area contributed by atoms with E-state index >= 15 is 0 Å². The molecule has 1 aromatic rings. The number of hydrogen-bond acceptors (Lipinski definition) is 3. The molecule has 0 amide bonds. The molecule has 74 valence electrons. The molecule has 1 heterocycles. The molecule has 13 heavy (non-hydrogen) atoms. The third kappa shape index (κ3) is 3.55. The van der Waals surface area contributed by atoms with Crippen molar-refractivity contribution in [2.45, 2.75) is 39.0 Å². The van der Waals surface area contributed by atoms with E-state index in [1.54, 1.807) is 0 Å². The second-order valence-electron chi connectivity index (χ2n) is 3.15. The fourth-order valence-electron chi connectivity index (χ4n) is 1.22. The van der Waals surface area contributed by atoms with Crippen LogP contribution >= 0.6 is 0 Å². The van der Waals surface area contributed by atoms with Crippen molar-refractivity contribution in [3.05, 3.63) is 11.6 Å². The van der Waals surface area contributed by atoms with Gasteiger partial charge in [-0.1, -0.05) is 13.3 Å². The molecule has 0 saturated carbocycles. The maximum absolute atomic E-state index is 5.40. The summed E-state index contributed by atoms with van der Waals surface area (Å²) in [4.78, 5) is 4.33. The zero-order valence-electron chi connectivity index (χ0n) is 8.21. The van der Waals surface area contributed by atoms with Gasteiger partial charge in [-0.15, -0.1) is 0 Å². The monoisotopic (exact) mass is 182 g/mol. The Morgan fingerprint density at radius 2 is 2.15 bits per heavy atom. The SMILES string of the molecule is CCc1n[nH]c(CCCCCN)n1. The molecule has 0 fully saturated rings. The van der Waals surface area contributed by atoms with E-state index in [0.29, 0.717) is 0 Å². The summed E-state index contributed by atoms with van der Waals surface area (Å²) in [7, 11) is 0. The Morgan fingerprint density at radius 3 is 2.77 bits per heavy atom. The highest BCUT2D eigenvalue weighted by Crippen LogP contribution is 2.01. The molecule has 4 nitrogen and oxygen atoms in total. The van der Waals surface area contributed by atoms with Crippen LogP contribution in [0, 0.1) is 0 Å². The van der Waals surface area contributed by atoms with Crippen molar-refractivity contribution in [3.8, 4) is 0 Å². The lowest BCUT2D eigenvalue weighted by Crippen LogP contribution is -1.98. The fourth-order valence-corrected chi connectivity index (χ4v) is 1.22. The molecular weight excluding hydrogens is 164 g/mol. The topological polar surface area (TPSA) is 67.6 Å². The van der Waals surface area contributed by atoms with Crippen LogP contribution in [-0.2, 0) is 12.8 Å². The van der Waals surface area contributed by atoms with E-state index < -0.39 is 0 Å². The van der Waals surface area contributed by atoms with Crippen molar-refractivity contribution >= 4 is 0 Å². The molecule has 3 N–H and O–H groups in total. The molecule has 0 aliphatic rings. The Hall–Kier alpha value is -0.900. The number of nitrogens with two attached hydrogens (primary N) is 1. The van der Waals surface area contributed by atoms with Gasteiger partial charge < -0.3 is 5.73 Å². The minimum Gasteiger partial charge on any atom is -0.330 e. The van der Waals surface area contributed by atoms with E-state index in [1.165, 1.54) is 6.42 Å². The summed E-state index contributed by atoms with van der Waals surface area (Å²) < 4.78 is 0. The Kier molecular flexibility index (Phi) is 4.46. The predicted molar refractivity (Wildman–Crippen MR) is 52.4 cm³/mol. The zero-order valence-corrected chi connectivity index (χ0v) is 8.21. The first-order valence-electron chi connectivity index (χ1n) is 4.97. The Labute approximate surface area is 78.9 Å². The van der Waals surface area contributed by atoms with Gasteiger partial charge in [0.15, 0.2) is 0 Å². The molecule has 0 aliphatic heterocycles. The van der Waals surface area contributed by atoms with Crippen LogP contribution in [0.3, 0.4) is 0 Å². The van der Waals surface area contributed by atoms with Gasteiger partial charge in [-0.3, -0.25) is 5.10 Å². The third-order valence-electron chi connectivity index (χ3n) is 2.01. The van der Waals surface area contributed by atoms with Crippen LogP contribution in [0.2, 0.25) is 0 Å². The number of aryl methyl sites for hydroxylation is 2. The average molecular weight is 182 g/mol. The molecule has 1 rings (SSSR count). The van der Waals surface area contributed by atoms with Gasteiger partial charge in [-0.05, 0) is 19.4 Å². The third-order valence-corrected chi connectivity index (χ3v) is 2.01. The van der Waals surface area contributed by atoms with Crippen molar-refractivity contribution in [2.24, 2.45) is 5.73 Å². The van der Waals surface area contributed by atoms with E-state index in [0.717, 1.165) is 43.9 Å². The largest absolute Gasteiger partial charge is 0.330 e. The molecule has 0 spiro atoms. The lowest BCUT2D eigenvalue weighted by Gasteiger charge is -1.95. The van der Waals surface area contributed by atoms with Gasteiger partial charge in [0.1, 0.15) is 11.6 Å². The zero-order chi connectivity index (χ0) is 9.52. The van der Waals surface area contributed by atoms with Crippen molar-refractivity contribution < 1.29 is 0 Å². The molecule has 1 aromatic heterocycles. The predicted octanol–water partition coefficient (Wildman–Crippen LogP) is 1.04. The van der Waals surface area contributed by atoms with Crippen LogP contribution in [0.25, 0.3) is 0 Å². The summed E-state index contributed by atoms with van der Waals surface area (Å²) in [6.45, 7) is 2.85. The van der Waals surface area contributed by atoms with Crippen molar-refractivity contribution in [2.75, 3.05) is 6.54 Å². The number of unbranched alkanes of at least 4 members (excludes halogenated alkanes) is 2. The van der Waals surface area contributed by atoms with Crippen LogP contribution in [0.5, 0.6) is 0 Å². The van der Waals surface area contributed by atoms with Crippen LogP contribution in [0.1, 0.15) is 37.8 Å². The second-order valence-corrected chi connectivity index (χ2v) is 3.15. The number of H-pyrrole nitrogens is 1. The number of aromatic nitrogens is 3. The summed E-state index contributed by atoms with van der Waals surface area (Å²) in [5, 5.41) is 7.01. The van der Waals surface area contributed by atoms with E-state index in [2.05, 4.69) is 22.1 Å². The number of hydrogen-bond donors (Lipinski definition) is 2. The summed E-state index contributed by atoms with van der Waals surface area (Å²) in [6, 6.07) is 0. The smallest absolute Gasteiger partial charge is 0.150 e. The van der Waals surface area contributed by atoms with Crippen molar-refractivity contribution in [1.82, 2.24) is 15.2 Å². The van der Waals surface area contributed by atoms with E-state index in [-0.39, 0.29) is 0 Å². The van der Waals surface area contributed by atoms with Crippen LogP contribution in [-0.4, -0.2) is 21.7 Å². The molecule has 0 radical (unpaired) electrons. The minimum absolute atomic E-state index is 0.788. The second kappa shape index (κ2) is 5.70. The van der Waals surface area contributed by atoms with E-state index in [4.69, 9.17) is 5.73 Å². The summed E-state index contributed by atoms with van der Waals surface area (Å²) in [6.07, 6.45) is 5.33. The first kappa shape index (κ1) is 10.2. The maximum atomic E-state index is 5.40. The molecule has 0 atom stereocenters. The highest BCUT2D eigenvalue weighted by molar-refractivity contribution is 4.89. The first-order chi connectivity index (χ1) is 6.36. The highest BCUT2D eigenvalue weighted by Gasteiger charge is 1.99. The molecule has 4 heteroatoms. The minimum atomic E-state index is 0.788. The van der Waals surface area contributed by atoms with Gasteiger partial charge >= 0.3 is 0 Å². The lowest BCUT2D eigenvalue weighted by atomic mass is 10.2. The summed E-state index contributed by atoms with van der Waals surface area (Å²) in [5.41, 5.74) is 5.40. The van der Waals surface area contributed by atoms with Crippen LogP contribution < -0.4 is 5.73 Å². The van der Waals surface area contributed by atoms with Crippen LogP contribution in [0.15, 0.2) is 0 Å². The van der Waals surface area contributed by atoms with E-state index in [9.17, 15) is 0 Å². The summed E-state index contributed by atoms with van der Waals surface area (Å²) in [5.74, 6) is 1.92. The molecule has 0 unspecified atom stereocenters. The van der Waals surface area contributed by atoms with Crippen molar-refractivity contribution in [1.29, 1.82) is 0 Å². The van der Waals surface area contributed by atoms with Gasteiger partial charge in [-0.25, -0.2) is 4.98 Å². The molecule has 0 bridgehead atoms. The fraction of sp³-hybridized carbons (Fsp3) is 0.778. The number of nitrogens with zero attached hydrogens (tertiary/aromatic N) is 2. The normalized spacial score (nSPS) is 10.6. The van der Waals surface area contributed by atoms with Gasteiger partial charge in [0, 0.05) is 12.8 Å². The van der Waals surface area contributed by atoms with Gasteiger partial charge in [0.2, 0.25) is 0 Å². The molecule has 0 saturated heterocycles. The van der Waals surface area contributed by atoms with Crippen molar-refractivity contribution in [3.63, 3.8) is 0 Å². The first-order valence-corrected chi connectivity index (χ1v) is 4.97. The lowest BCUT2D eigenvalue weighted by molar-refractivity contribution is 0.670. The Morgan fingerprint density at radius 1 is 1.31 bits per heavy atom. The standard InChI is InChI=1S/C9H18N4/c1-2-8-11-9(13-12-8)6-4-3-5-7-10/h2-7,10H2,1H3,(H,11,12,13). The quantitative estimate of drug-likeness (QED) is 0.646. The van der Waals surface area contributed by atoms with Crippen LogP contribution in [0.4, 0.5) is 0 Å². The van der Waals surface area contributed by atoms with E-state index in [1.807, 2.05) is 0 Å².